The number of hydrogen-bond acceptors (Lipinski definition) is 4. The number of carbonyl (C=O) groups excluding carboxylic acids is 2. The topological polar surface area (TPSA) is 62.3 Å². The molecule has 3 rings (SSSR count). The van der Waals surface area contributed by atoms with E-state index in [1.165, 1.54) is 0 Å². The van der Waals surface area contributed by atoms with Crippen LogP contribution in [0.2, 0.25) is 0 Å². The zero-order valence-electron chi connectivity index (χ0n) is 15.0. The van der Waals surface area contributed by atoms with Crippen LogP contribution in [-0.4, -0.2) is 34.8 Å². The van der Waals surface area contributed by atoms with Gasteiger partial charge in [-0.2, -0.15) is 0 Å². The summed E-state index contributed by atoms with van der Waals surface area (Å²) in [6.07, 6.45) is 3.03. The van der Waals surface area contributed by atoms with E-state index in [0.29, 0.717) is 0 Å². The minimum atomic E-state index is -0.491. The number of amides is 2. The van der Waals surface area contributed by atoms with Crippen molar-refractivity contribution in [1.29, 1.82) is 0 Å². The molecule has 1 aromatic carbocycles. The van der Waals surface area contributed by atoms with E-state index in [0.717, 1.165) is 41.0 Å². The summed E-state index contributed by atoms with van der Waals surface area (Å²) in [5, 5.41) is 3.77. The lowest BCUT2D eigenvalue weighted by Crippen LogP contribution is -2.46. The molecule has 0 spiro atoms. The van der Waals surface area contributed by atoms with Crippen molar-refractivity contribution in [3.8, 4) is 0 Å². The second-order valence-corrected chi connectivity index (χ2v) is 8.61. The minimum Gasteiger partial charge on any atom is -0.347 e. The zero-order chi connectivity index (χ0) is 18.0. The van der Waals surface area contributed by atoms with Gasteiger partial charge in [-0.25, -0.2) is 4.98 Å². The fraction of sp³-hybridized carbons (Fsp3) is 0.526. The van der Waals surface area contributed by atoms with E-state index < -0.39 is 5.41 Å². The number of rotatable bonds is 3. The quantitative estimate of drug-likeness (QED) is 0.912. The molecule has 1 N–H and O–H groups in total. The summed E-state index contributed by atoms with van der Waals surface area (Å²) in [7, 11) is 0. The van der Waals surface area contributed by atoms with Crippen LogP contribution >= 0.6 is 11.3 Å². The molecule has 2 amide bonds. The van der Waals surface area contributed by atoms with Gasteiger partial charge in [0.25, 0.3) is 0 Å². The third-order valence-corrected chi connectivity index (χ3v) is 5.64. The molecule has 1 atom stereocenters. The van der Waals surface area contributed by atoms with Crippen LogP contribution in [0.1, 0.15) is 51.1 Å². The summed E-state index contributed by atoms with van der Waals surface area (Å²) in [5.41, 5.74) is 0.496. The summed E-state index contributed by atoms with van der Waals surface area (Å²) < 4.78 is 1.15. The van der Waals surface area contributed by atoms with Crippen molar-refractivity contribution < 1.29 is 9.59 Å². The Balaban J connectivity index is 1.74. The number of benzene rings is 1. The minimum absolute atomic E-state index is 0.0187. The van der Waals surface area contributed by atoms with E-state index in [-0.39, 0.29) is 24.4 Å². The van der Waals surface area contributed by atoms with E-state index in [9.17, 15) is 9.59 Å². The summed E-state index contributed by atoms with van der Waals surface area (Å²) in [5.74, 6) is -0.129. The van der Waals surface area contributed by atoms with Crippen molar-refractivity contribution in [2.45, 2.75) is 46.1 Å². The monoisotopic (exact) mass is 359 g/mol. The number of fused-ring (bicyclic) bond motifs is 1. The molecule has 1 aliphatic heterocycles. The van der Waals surface area contributed by atoms with Crippen LogP contribution < -0.4 is 5.32 Å². The normalized spacial score (nSPS) is 18.4. The molecule has 2 aromatic rings. The van der Waals surface area contributed by atoms with Gasteiger partial charge in [0.05, 0.1) is 22.8 Å². The second-order valence-electron chi connectivity index (χ2n) is 7.55. The number of likely N-dealkylation sites (tertiary alicyclic amines) is 1. The van der Waals surface area contributed by atoms with Crippen molar-refractivity contribution in [3.05, 3.63) is 29.3 Å². The number of nitrogens with one attached hydrogen (secondary N) is 1. The highest BCUT2D eigenvalue weighted by molar-refractivity contribution is 7.18. The Morgan fingerprint density at radius 2 is 2.04 bits per heavy atom. The lowest BCUT2D eigenvalue weighted by molar-refractivity contribution is -0.137. The molecule has 0 saturated carbocycles. The fourth-order valence-electron chi connectivity index (χ4n) is 3.04. The molecule has 1 unspecified atom stereocenters. The molecular formula is C19H25N3O2S. The Hall–Kier alpha value is -1.95. The number of thiazole rings is 1. The second kappa shape index (κ2) is 7.12. The summed E-state index contributed by atoms with van der Waals surface area (Å²) >= 11 is 1.66. The summed E-state index contributed by atoms with van der Waals surface area (Å²) in [6.45, 7) is 6.31. The smallest absolute Gasteiger partial charge is 0.242 e. The highest BCUT2D eigenvalue weighted by Crippen LogP contribution is 2.35. The van der Waals surface area contributed by atoms with Gasteiger partial charge in [-0.15, -0.1) is 11.3 Å². The van der Waals surface area contributed by atoms with Gasteiger partial charge in [0.2, 0.25) is 11.8 Å². The largest absolute Gasteiger partial charge is 0.347 e. The van der Waals surface area contributed by atoms with E-state index in [4.69, 9.17) is 4.98 Å². The molecule has 1 fully saturated rings. The van der Waals surface area contributed by atoms with Crippen molar-refractivity contribution in [2.24, 2.45) is 5.41 Å². The van der Waals surface area contributed by atoms with E-state index in [1.807, 2.05) is 43.9 Å². The van der Waals surface area contributed by atoms with Crippen molar-refractivity contribution in [1.82, 2.24) is 15.2 Å². The molecule has 1 aromatic heterocycles. The average Bonchev–Trinajstić information content (AvgIpc) is 3.02. The molecule has 2 heterocycles. The number of hydrogen-bond donors (Lipinski definition) is 1. The van der Waals surface area contributed by atoms with Crippen LogP contribution in [0, 0.1) is 5.41 Å². The van der Waals surface area contributed by atoms with Crippen LogP contribution in [0.4, 0.5) is 0 Å². The number of nitrogens with zero attached hydrogens (tertiary/aromatic N) is 2. The Morgan fingerprint density at radius 1 is 1.28 bits per heavy atom. The van der Waals surface area contributed by atoms with Gasteiger partial charge in [0, 0.05) is 12.0 Å². The Labute approximate surface area is 152 Å². The first kappa shape index (κ1) is 17.9. The molecule has 0 radical (unpaired) electrons. The first-order valence-electron chi connectivity index (χ1n) is 8.79. The summed E-state index contributed by atoms with van der Waals surface area (Å²) in [6, 6.07) is 8.08. The lowest BCUT2D eigenvalue weighted by Gasteiger charge is -2.34. The average molecular weight is 359 g/mol. The molecule has 1 aliphatic rings. The Bertz CT molecular complexity index is 745. The van der Waals surface area contributed by atoms with Gasteiger partial charge in [0.1, 0.15) is 5.01 Å². The molecular weight excluding hydrogens is 334 g/mol. The van der Waals surface area contributed by atoms with Gasteiger partial charge in [-0.05, 0) is 31.4 Å². The number of piperidine rings is 1. The van der Waals surface area contributed by atoms with Gasteiger partial charge < -0.3 is 10.2 Å². The lowest BCUT2D eigenvalue weighted by atomic mass is 9.96. The van der Waals surface area contributed by atoms with Crippen molar-refractivity contribution in [2.75, 3.05) is 13.1 Å². The predicted octanol–water partition coefficient (Wildman–Crippen LogP) is 3.51. The molecule has 134 valence electrons. The molecule has 1 saturated heterocycles. The fourth-order valence-corrected chi connectivity index (χ4v) is 4.16. The SMILES string of the molecule is CC(C)(C)C(=O)NCC(=O)N1CCCCC1c1nc2ccccc2s1. The predicted molar refractivity (Wildman–Crippen MR) is 100 cm³/mol. The van der Waals surface area contributed by atoms with Crippen LogP contribution in [0.3, 0.4) is 0 Å². The van der Waals surface area contributed by atoms with E-state index >= 15 is 0 Å². The number of carbonyl (C=O) groups is 2. The molecule has 0 aliphatic carbocycles. The molecule has 5 nitrogen and oxygen atoms in total. The van der Waals surface area contributed by atoms with E-state index in [2.05, 4.69) is 11.4 Å². The standard InChI is InChI=1S/C19H25N3O2S/c1-19(2,3)18(24)20-12-16(23)22-11-7-6-9-14(22)17-21-13-8-4-5-10-15(13)25-17/h4-5,8,10,14H,6-7,9,11-12H2,1-3H3,(H,20,24). The van der Waals surface area contributed by atoms with Gasteiger partial charge in [-0.1, -0.05) is 32.9 Å². The Kier molecular flexibility index (Phi) is 5.08. The molecule has 0 bridgehead atoms. The molecule has 25 heavy (non-hydrogen) atoms. The summed E-state index contributed by atoms with van der Waals surface area (Å²) in [4.78, 5) is 31.4. The zero-order valence-corrected chi connectivity index (χ0v) is 15.9. The number of para-hydroxylation sites is 1. The maximum absolute atomic E-state index is 12.7. The van der Waals surface area contributed by atoms with Crippen molar-refractivity contribution in [3.63, 3.8) is 0 Å². The van der Waals surface area contributed by atoms with Crippen LogP contribution in [-0.2, 0) is 9.59 Å². The van der Waals surface area contributed by atoms with Crippen LogP contribution in [0.15, 0.2) is 24.3 Å². The van der Waals surface area contributed by atoms with Crippen LogP contribution in [0.5, 0.6) is 0 Å². The highest BCUT2D eigenvalue weighted by atomic mass is 32.1. The third-order valence-electron chi connectivity index (χ3n) is 4.50. The van der Waals surface area contributed by atoms with Gasteiger partial charge in [0.15, 0.2) is 0 Å². The Morgan fingerprint density at radius 3 is 2.76 bits per heavy atom. The maximum atomic E-state index is 12.7. The first-order chi connectivity index (χ1) is 11.9. The number of aromatic nitrogens is 1. The highest BCUT2D eigenvalue weighted by Gasteiger charge is 2.31. The van der Waals surface area contributed by atoms with Crippen molar-refractivity contribution >= 4 is 33.4 Å². The van der Waals surface area contributed by atoms with E-state index in [1.54, 1.807) is 11.3 Å². The molecule has 6 heteroatoms. The van der Waals surface area contributed by atoms with Crippen LogP contribution in [0.25, 0.3) is 10.2 Å². The maximum Gasteiger partial charge on any atom is 0.242 e. The first-order valence-corrected chi connectivity index (χ1v) is 9.61. The van der Waals surface area contributed by atoms with Gasteiger partial charge in [-0.3, -0.25) is 9.59 Å². The third kappa shape index (κ3) is 4.00. The van der Waals surface area contributed by atoms with Gasteiger partial charge >= 0.3 is 0 Å².